The summed E-state index contributed by atoms with van der Waals surface area (Å²) >= 11 is 0. The Balaban J connectivity index is 1.92. The minimum absolute atomic E-state index is 0.191. The second-order valence-electron chi connectivity index (χ2n) is 6.51. The van der Waals surface area contributed by atoms with E-state index in [0.717, 1.165) is 25.7 Å². The van der Waals surface area contributed by atoms with E-state index in [0.29, 0.717) is 5.91 Å². The van der Waals surface area contributed by atoms with Crippen LogP contribution < -0.4 is 5.73 Å². The molecule has 0 heterocycles. The Morgan fingerprint density at radius 1 is 0.895 bits per heavy atom. The molecule has 2 atom stereocenters. The summed E-state index contributed by atoms with van der Waals surface area (Å²) in [6.45, 7) is 0. The van der Waals surface area contributed by atoms with E-state index >= 15 is 0 Å². The Hall–Kier alpha value is -0.570. The van der Waals surface area contributed by atoms with Gasteiger partial charge >= 0.3 is 0 Å². The monoisotopic (exact) mass is 266 g/mol. The fourth-order valence-corrected chi connectivity index (χ4v) is 3.78. The lowest BCUT2D eigenvalue weighted by atomic mass is 9.87. The highest BCUT2D eigenvalue weighted by molar-refractivity contribution is 5.79. The quantitative estimate of drug-likeness (QED) is 0.835. The number of nitrogens with zero attached hydrogens (tertiary/aromatic N) is 1. The summed E-state index contributed by atoms with van der Waals surface area (Å²) < 4.78 is 0. The molecule has 110 valence electrons. The molecular weight excluding hydrogens is 236 g/mol. The minimum atomic E-state index is 0.191. The zero-order valence-corrected chi connectivity index (χ0v) is 12.4. The van der Waals surface area contributed by atoms with Crippen molar-refractivity contribution in [1.82, 2.24) is 4.90 Å². The van der Waals surface area contributed by atoms with Crippen LogP contribution in [-0.4, -0.2) is 29.9 Å². The molecular formula is C16H30N2O. The molecule has 0 aromatic heterocycles. The predicted molar refractivity (Wildman–Crippen MR) is 78.8 cm³/mol. The smallest absolute Gasteiger partial charge is 0.225 e. The van der Waals surface area contributed by atoms with E-state index in [1.165, 1.54) is 44.9 Å². The molecule has 2 aliphatic carbocycles. The van der Waals surface area contributed by atoms with Gasteiger partial charge in [-0.25, -0.2) is 0 Å². The van der Waals surface area contributed by atoms with Gasteiger partial charge in [0.15, 0.2) is 0 Å². The van der Waals surface area contributed by atoms with Crippen molar-refractivity contribution in [3.05, 3.63) is 0 Å². The van der Waals surface area contributed by atoms with Crippen LogP contribution in [0.15, 0.2) is 0 Å². The Bertz CT molecular complexity index is 284. The maximum absolute atomic E-state index is 12.7. The largest absolute Gasteiger partial charge is 0.341 e. The van der Waals surface area contributed by atoms with E-state index in [9.17, 15) is 4.79 Å². The molecule has 0 bridgehead atoms. The number of rotatable bonds is 2. The molecule has 3 nitrogen and oxygen atoms in total. The van der Waals surface area contributed by atoms with Crippen molar-refractivity contribution < 1.29 is 4.79 Å². The van der Waals surface area contributed by atoms with Crippen molar-refractivity contribution in [3.8, 4) is 0 Å². The van der Waals surface area contributed by atoms with Gasteiger partial charge < -0.3 is 10.6 Å². The molecule has 0 saturated heterocycles. The van der Waals surface area contributed by atoms with Crippen molar-refractivity contribution >= 4 is 5.91 Å². The van der Waals surface area contributed by atoms with Crippen LogP contribution in [0.5, 0.6) is 0 Å². The van der Waals surface area contributed by atoms with Gasteiger partial charge in [0.2, 0.25) is 5.91 Å². The lowest BCUT2D eigenvalue weighted by molar-refractivity contribution is -0.138. The third kappa shape index (κ3) is 3.95. The number of carbonyl (C=O) groups is 1. The summed E-state index contributed by atoms with van der Waals surface area (Å²) in [5.41, 5.74) is 6.21. The number of amides is 1. The average Bonchev–Trinajstić information content (AvgIpc) is 2.37. The van der Waals surface area contributed by atoms with Crippen LogP contribution in [0.1, 0.15) is 70.6 Å². The van der Waals surface area contributed by atoms with E-state index in [1.807, 2.05) is 11.9 Å². The Kier molecular flexibility index (Phi) is 5.68. The van der Waals surface area contributed by atoms with Gasteiger partial charge in [-0.05, 0) is 25.7 Å². The number of likely N-dealkylation sites (N-methyl/N-ethyl adjacent to an activating group) is 1. The maximum Gasteiger partial charge on any atom is 0.225 e. The Labute approximate surface area is 117 Å². The second-order valence-corrected chi connectivity index (χ2v) is 6.51. The molecule has 2 saturated carbocycles. The first-order chi connectivity index (χ1) is 9.20. The van der Waals surface area contributed by atoms with Crippen LogP contribution in [0.2, 0.25) is 0 Å². The van der Waals surface area contributed by atoms with E-state index in [4.69, 9.17) is 5.73 Å². The van der Waals surface area contributed by atoms with Gasteiger partial charge in [-0.1, -0.05) is 44.9 Å². The van der Waals surface area contributed by atoms with Crippen molar-refractivity contribution in [1.29, 1.82) is 0 Å². The van der Waals surface area contributed by atoms with Crippen LogP contribution in [0.3, 0.4) is 0 Å². The summed E-state index contributed by atoms with van der Waals surface area (Å²) in [7, 11) is 1.98. The highest BCUT2D eigenvalue weighted by Crippen LogP contribution is 2.27. The second kappa shape index (κ2) is 7.28. The van der Waals surface area contributed by atoms with Gasteiger partial charge in [0.05, 0.1) is 0 Å². The van der Waals surface area contributed by atoms with E-state index in [2.05, 4.69) is 0 Å². The third-order valence-corrected chi connectivity index (χ3v) is 5.08. The van der Waals surface area contributed by atoms with E-state index in [-0.39, 0.29) is 18.0 Å². The summed E-state index contributed by atoms with van der Waals surface area (Å²) in [5, 5.41) is 0. The van der Waals surface area contributed by atoms with Crippen molar-refractivity contribution in [2.75, 3.05) is 7.05 Å². The van der Waals surface area contributed by atoms with Crippen LogP contribution >= 0.6 is 0 Å². The van der Waals surface area contributed by atoms with Crippen molar-refractivity contribution in [3.63, 3.8) is 0 Å². The summed E-state index contributed by atoms with van der Waals surface area (Å²) in [4.78, 5) is 14.7. The fraction of sp³-hybridized carbons (Fsp3) is 0.938. The standard InChI is InChI=1S/C16H30N2O/c1-18(15-12-8-7-11-14(15)17)16(19)13-9-5-3-2-4-6-10-13/h13-15H,2-12,17H2,1H3. The zero-order valence-electron chi connectivity index (χ0n) is 12.4. The highest BCUT2D eigenvalue weighted by Gasteiger charge is 2.31. The Morgan fingerprint density at radius 3 is 2.05 bits per heavy atom. The molecule has 0 aliphatic heterocycles. The summed E-state index contributed by atoms with van der Waals surface area (Å²) in [6, 6.07) is 0.475. The fourth-order valence-electron chi connectivity index (χ4n) is 3.78. The molecule has 19 heavy (non-hydrogen) atoms. The van der Waals surface area contributed by atoms with Crippen molar-refractivity contribution in [2.45, 2.75) is 82.7 Å². The zero-order chi connectivity index (χ0) is 13.7. The van der Waals surface area contributed by atoms with Gasteiger partial charge in [-0.3, -0.25) is 4.79 Å². The Morgan fingerprint density at radius 2 is 1.42 bits per heavy atom. The minimum Gasteiger partial charge on any atom is -0.341 e. The first-order valence-corrected chi connectivity index (χ1v) is 8.22. The number of hydrogen-bond donors (Lipinski definition) is 1. The van der Waals surface area contributed by atoms with Crippen molar-refractivity contribution in [2.24, 2.45) is 11.7 Å². The van der Waals surface area contributed by atoms with Crippen LogP contribution in [-0.2, 0) is 4.79 Å². The SMILES string of the molecule is CN(C(=O)C1CCCCCCC1)C1CCCCC1N. The van der Waals surface area contributed by atoms with Gasteiger partial charge in [0.1, 0.15) is 0 Å². The third-order valence-electron chi connectivity index (χ3n) is 5.08. The molecule has 2 rings (SSSR count). The topological polar surface area (TPSA) is 46.3 Å². The van der Waals surface area contributed by atoms with Crippen LogP contribution in [0.25, 0.3) is 0 Å². The van der Waals surface area contributed by atoms with Gasteiger partial charge in [-0.2, -0.15) is 0 Å². The van der Waals surface area contributed by atoms with E-state index in [1.54, 1.807) is 0 Å². The first kappa shape index (κ1) is 14.8. The van der Waals surface area contributed by atoms with E-state index < -0.39 is 0 Å². The highest BCUT2D eigenvalue weighted by atomic mass is 16.2. The molecule has 0 radical (unpaired) electrons. The lowest BCUT2D eigenvalue weighted by Crippen LogP contribution is -2.51. The summed E-state index contributed by atoms with van der Waals surface area (Å²) in [6.07, 6.45) is 13.2. The maximum atomic E-state index is 12.7. The molecule has 3 heteroatoms. The lowest BCUT2D eigenvalue weighted by Gasteiger charge is -2.38. The predicted octanol–water partition coefficient (Wildman–Crippen LogP) is 3.08. The van der Waals surface area contributed by atoms with Crippen LogP contribution in [0, 0.1) is 5.92 Å². The molecule has 1 amide bonds. The first-order valence-electron chi connectivity index (χ1n) is 8.22. The molecule has 0 spiro atoms. The van der Waals surface area contributed by atoms with Crippen LogP contribution in [0.4, 0.5) is 0 Å². The molecule has 2 unspecified atom stereocenters. The van der Waals surface area contributed by atoms with Gasteiger partial charge in [0, 0.05) is 25.0 Å². The number of carbonyl (C=O) groups excluding carboxylic acids is 1. The molecule has 2 fully saturated rings. The molecule has 0 aromatic carbocycles. The average molecular weight is 266 g/mol. The summed E-state index contributed by atoms with van der Waals surface area (Å²) in [5.74, 6) is 0.628. The molecule has 0 aromatic rings. The number of hydrogen-bond acceptors (Lipinski definition) is 2. The molecule has 2 aliphatic rings. The van der Waals surface area contributed by atoms with Gasteiger partial charge in [-0.15, -0.1) is 0 Å². The van der Waals surface area contributed by atoms with Gasteiger partial charge in [0.25, 0.3) is 0 Å². The number of nitrogens with two attached hydrogens (primary N) is 1. The normalized spacial score (nSPS) is 30.4. The molecule has 2 N–H and O–H groups in total.